The van der Waals surface area contributed by atoms with Crippen LogP contribution >= 0.6 is 0 Å². The highest BCUT2D eigenvalue weighted by Crippen LogP contribution is 2.24. The van der Waals surface area contributed by atoms with Gasteiger partial charge < -0.3 is 10.2 Å². The zero-order valence-electron chi connectivity index (χ0n) is 19.8. The van der Waals surface area contributed by atoms with Gasteiger partial charge in [-0.2, -0.15) is 0 Å². The fourth-order valence-corrected chi connectivity index (χ4v) is 3.98. The van der Waals surface area contributed by atoms with E-state index in [-0.39, 0.29) is 11.9 Å². The number of carbonyl (C=O) groups is 1. The molecule has 1 aliphatic rings. The lowest BCUT2D eigenvalue weighted by atomic mass is 10.1. The third kappa shape index (κ3) is 5.76. The highest BCUT2D eigenvalue weighted by molar-refractivity contribution is 5.99. The molecule has 1 fully saturated rings. The van der Waals surface area contributed by atoms with Crippen LogP contribution in [-0.4, -0.2) is 53.0 Å². The van der Waals surface area contributed by atoms with E-state index in [2.05, 4.69) is 70.3 Å². The first kappa shape index (κ1) is 22.9. The summed E-state index contributed by atoms with van der Waals surface area (Å²) in [6, 6.07) is 18.8. The lowest BCUT2D eigenvalue weighted by Gasteiger charge is -2.36. The number of anilines is 1. The minimum atomic E-state index is -0.110. The van der Waals surface area contributed by atoms with Gasteiger partial charge in [0.1, 0.15) is 11.4 Å². The monoisotopic (exact) mass is 443 g/mol. The molecule has 0 spiro atoms. The zero-order chi connectivity index (χ0) is 23.2. The lowest BCUT2D eigenvalue weighted by molar-refractivity contribution is 0.0939. The van der Waals surface area contributed by atoms with Crippen molar-refractivity contribution < 1.29 is 4.79 Å². The molecule has 0 saturated carbocycles. The second-order valence-electron chi connectivity index (χ2n) is 8.83. The van der Waals surface area contributed by atoms with E-state index in [0.29, 0.717) is 11.4 Å². The first-order valence-electron chi connectivity index (χ1n) is 11.8. The Labute approximate surface area is 196 Å². The van der Waals surface area contributed by atoms with E-state index in [9.17, 15) is 4.79 Å². The van der Waals surface area contributed by atoms with Crippen LogP contribution in [0.15, 0.2) is 60.8 Å². The highest BCUT2D eigenvalue weighted by Gasteiger charge is 2.25. The number of aryl methyl sites for hydroxylation is 1. The minimum Gasteiger partial charge on any atom is -0.353 e. The van der Waals surface area contributed by atoms with E-state index in [1.165, 1.54) is 11.1 Å². The fourth-order valence-electron chi connectivity index (χ4n) is 3.98. The summed E-state index contributed by atoms with van der Waals surface area (Å²) < 4.78 is 0. The largest absolute Gasteiger partial charge is 0.353 e. The summed E-state index contributed by atoms with van der Waals surface area (Å²) in [6.45, 7) is 10.6. The lowest BCUT2D eigenvalue weighted by Crippen LogP contribution is -2.47. The molecule has 0 radical (unpaired) electrons. The third-order valence-corrected chi connectivity index (χ3v) is 6.23. The van der Waals surface area contributed by atoms with E-state index in [1.54, 1.807) is 6.20 Å². The van der Waals surface area contributed by atoms with E-state index in [4.69, 9.17) is 4.98 Å². The van der Waals surface area contributed by atoms with Crippen LogP contribution in [-0.2, 0) is 6.54 Å². The number of hydrogen-bond donors (Lipinski definition) is 1. The number of carbonyl (C=O) groups excluding carboxylic acids is 1. The molecule has 1 unspecified atom stereocenters. The van der Waals surface area contributed by atoms with Crippen LogP contribution in [0.2, 0.25) is 0 Å². The van der Waals surface area contributed by atoms with Gasteiger partial charge in [-0.05, 0) is 25.8 Å². The van der Waals surface area contributed by atoms with Crippen molar-refractivity contribution in [1.82, 2.24) is 20.2 Å². The second kappa shape index (κ2) is 10.6. The van der Waals surface area contributed by atoms with Crippen LogP contribution in [0.25, 0.3) is 11.4 Å². The molecule has 0 bridgehead atoms. The predicted molar refractivity (Wildman–Crippen MR) is 133 cm³/mol. The number of benzene rings is 2. The van der Waals surface area contributed by atoms with Crippen LogP contribution in [0, 0.1) is 6.92 Å². The molecule has 1 aromatic heterocycles. The van der Waals surface area contributed by atoms with Crippen molar-refractivity contribution in [2.24, 2.45) is 0 Å². The van der Waals surface area contributed by atoms with Crippen molar-refractivity contribution in [2.45, 2.75) is 39.8 Å². The first-order chi connectivity index (χ1) is 16.0. The number of hydrogen-bond acceptors (Lipinski definition) is 5. The molecule has 1 N–H and O–H groups in total. The van der Waals surface area contributed by atoms with E-state index < -0.39 is 0 Å². The molecule has 1 aliphatic heterocycles. The van der Waals surface area contributed by atoms with Gasteiger partial charge in [0, 0.05) is 50.5 Å². The number of rotatable bonds is 7. The molecule has 1 atom stereocenters. The summed E-state index contributed by atoms with van der Waals surface area (Å²) in [4.78, 5) is 27.2. The summed E-state index contributed by atoms with van der Waals surface area (Å²) in [6.07, 6.45) is 2.56. The Bertz CT molecular complexity index is 1060. The molecule has 4 rings (SSSR count). The number of nitrogens with one attached hydrogen (secondary N) is 1. The molecule has 1 saturated heterocycles. The van der Waals surface area contributed by atoms with Crippen LogP contribution in [0.3, 0.4) is 0 Å². The minimum absolute atomic E-state index is 0.102. The number of amides is 1. The average Bonchev–Trinajstić information content (AvgIpc) is 2.85. The van der Waals surface area contributed by atoms with Crippen molar-refractivity contribution >= 4 is 11.7 Å². The Kier molecular flexibility index (Phi) is 7.35. The van der Waals surface area contributed by atoms with Crippen molar-refractivity contribution in [3.63, 3.8) is 0 Å². The van der Waals surface area contributed by atoms with Crippen molar-refractivity contribution in [3.8, 4) is 11.4 Å². The molecule has 6 nitrogen and oxygen atoms in total. The van der Waals surface area contributed by atoms with Gasteiger partial charge in [-0.15, -0.1) is 0 Å². The number of piperazine rings is 1. The maximum atomic E-state index is 13.0. The number of aromatic nitrogens is 2. The topological polar surface area (TPSA) is 61.4 Å². The molecule has 33 heavy (non-hydrogen) atoms. The second-order valence-corrected chi connectivity index (χ2v) is 8.83. The smallest absolute Gasteiger partial charge is 0.256 e. The maximum Gasteiger partial charge on any atom is 0.256 e. The van der Waals surface area contributed by atoms with Gasteiger partial charge in [0.2, 0.25) is 0 Å². The van der Waals surface area contributed by atoms with E-state index in [0.717, 1.165) is 50.5 Å². The van der Waals surface area contributed by atoms with Gasteiger partial charge in [0.05, 0.1) is 0 Å². The van der Waals surface area contributed by atoms with Crippen molar-refractivity contribution in [3.05, 3.63) is 77.5 Å². The van der Waals surface area contributed by atoms with Crippen molar-refractivity contribution in [1.29, 1.82) is 0 Å². The summed E-state index contributed by atoms with van der Waals surface area (Å²) in [5.41, 5.74) is 4.02. The molecule has 172 valence electrons. The third-order valence-electron chi connectivity index (χ3n) is 6.23. The predicted octanol–water partition coefficient (Wildman–Crippen LogP) is 4.30. The molecule has 3 aromatic rings. The van der Waals surface area contributed by atoms with Crippen molar-refractivity contribution in [2.75, 3.05) is 31.1 Å². The van der Waals surface area contributed by atoms with Gasteiger partial charge in [-0.1, -0.05) is 67.1 Å². The first-order valence-corrected chi connectivity index (χ1v) is 11.8. The summed E-state index contributed by atoms with van der Waals surface area (Å²) in [5.74, 6) is 1.26. The average molecular weight is 444 g/mol. The fraction of sp³-hybridized carbons (Fsp3) is 0.370. The van der Waals surface area contributed by atoms with Crippen LogP contribution in [0.5, 0.6) is 0 Å². The number of nitrogens with zero attached hydrogens (tertiary/aromatic N) is 4. The van der Waals surface area contributed by atoms with Crippen LogP contribution in [0.1, 0.15) is 41.8 Å². The Hall–Kier alpha value is -3.25. The van der Waals surface area contributed by atoms with Gasteiger partial charge >= 0.3 is 0 Å². The van der Waals surface area contributed by atoms with E-state index in [1.807, 2.05) is 25.1 Å². The Morgan fingerprint density at radius 1 is 1.03 bits per heavy atom. The van der Waals surface area contributed by atoms with Crippen LogP contribution in [0.4, 0.5) is 5.82 Å². The highest BCUT2D eigenvalue weighted by atomic mass is 16.1. The van der Waals surface area contributed by atoms with Gasteiger partial charge in [0.15, 0.2) is 5.82 Å². The molecular weight excluding hydrogens is 410 g/mol. The Morgan fingerprint density at radius 3 is 2.39 bits per heavy atom. The van der Waals surface area contributed by atoms with Crippen LogP contribution < -0.4 is 10.2 Å². The molecule has 2 heterocycles. The maximum absolute atomic E-state index is 13.0. The van der Waals surface area contributed by atoms with Gasteiger partial charge in [-0.25, -0.2) is 9.97 Å². The van der Waals surface area contributed by atoms with Gasteiger partial charge in [0.25, 0.3) is 5.91 Å². The normalized spacial score (nSPS) is 15.3. The summed E-state index contributed by atoms with van der Waals surface area (Å²) in [5, 5.41) is 3.08. The standard InChI is InChI=1S/C27H33N5O/c1-4-21(3)29-27(33)24-18-28-25(23-12-10-20(2)11-13-23)30-26(24)32-16-14-31(15-17-32)19-22-8-6-5-7-9-22/h5-13,18,21H,4,14-17,19H2,1-3H3,(H,29,33). The zero-order valence-corrected chi connectivity index (χ0v) is 19.8. The molecule has 6 heteroatoms. The molecule has 1 amide bonds. The van der Waals surface area contributed by atoms with E-state index >= 15 is 0 Å². The molecule has 0 aliphatic carbocycles. The Balaban J connectivity index is 1.56. The molecule has 2 aromatic carbocycles. The molecular formula is C27H33N5O. The summed E-state index contributed by atoms with van der Waals surface area (Å²) in [7, 11) is 0. The summed E-state index contributed by atoms with van der Waals surface area (Å²) >= 11 is 0. The quantitative estimate of drug-likeness (QED) is 0.590. The van der Waals surface area contributed by atoms with Gasteiger partial charge in [-0.3, -0.25) is 9.69 Å². The Morgan fingerprint density at radius 2 is 1.73 bits per heavy atom. The SMILES string of the molecule is CCC(C)NC(=O)c1cnc(-c2ccc(C)cc2)nc1N1CCN(Cc2ccccc2)CC1.